The van der Waals surface area contributed by atoms with Crippen molar-refractivity contribution in [2.45, 2.75) is 25.8 Å². The lowest BCUT2D eigenvalue weighted by molar-refractivity contribution is -0.121. The molecule has 5 heteroatoms. The van der Waals surface area contributed by atoms with E-state index in [9.17, 15) is 9.18 Å². The Morgan fingerprint density at radius 2 is 2.29 bits per heavy atom. The maximum absolute atomic E-state index is 12.9. The molecule has 17 heavy (non-hydrogen) atoms. The summed E-state index contributed by atoms with van der Waals surface area (Å²) in [6, 6.07) is 3.89. The lowest BCUT2D eigenvalue weighted by Gasteiger charge is -2.15. The predicted octanol–water partition coefficient (Wildman–Crippen LogP) is 2.40. The second-order valence-corrected chi connectivity index (χ2v) is 4.25. The maximum Gasteiger partial charge on any atom is 0.220 e. The molecular formula is C12H16ClFN2O. The van der Waals surface area contributed by atoms with Gasteiger partial charge in [0.1, 0.15) is 5.82 Å². The minimum absolute atomic E-state index is 0.0802. The summed E-state index contributed by atoms with van der Waals surface area (Å²) in [5.41, 5.74) is 6.02. The zero-order valence-corrected chi connectivity index (χ0v) is 10.4. The van der Waals surface area contributed by atoms with Gasteiger partial charge in [-0.25, -0.2) is 4.39 Å². The highest BCUT2D eigenvalue weighted by Crippen LogP contribution is 2.23. The largest absolute Gasteiger partial charge is 0.350 e. The summed E-state index contributed by atoms with van der Waals surface area (Å²) < 4.78 is 12.9. The molecule has 0 aromatic heterocycles. The minimum atomic E-state index is -0.389. The number of benzene rings is 1. The second-order valence-electron chi connectivity index (χ2n) is 3.85. The molecule has 0 spiro atoms. The van der Waals surface area contributed by atoms with E-state index in [1.807, 2.05) is 0 Å². The molecule has 1 amide bonds. The number of nitrogens with one attached hydrogen (secondary N) is 1. The average molecular weight is 259 g/mol. The Kier molecular flexibility index (Phi) is 5.38. The number of carbonyl (C=O) groups excluding carboxylic acids is 1. The smallest absolute Gasteiger partial charge is 0.220 e. The molecule has 1 aromatic rings. The Labute approximate surface area is 105 Å². The van der Waals surface area contributed by atoms with Gasteiger partial charge in [-0.1, -0.05) is 17.7 Å². The molecule has 1 aromatic carbocycles. The summed E-state index contributed by atoms with van der Waals surface area (Å²) in [4.78, 5) is 11.5. The monoisotopic (exact) mass is 258 g/mol. The zero-order valence-electron chi connectivity index (χ0n) is 9.67. The summed E-state index contributed by atoms with van der Waals surface area (Å²) in [7, 11) is 0. The molecule has 0 aliphatic rings. The van der Waals surface area contributed by atoms with E-state index in [2.05, 4.69) is 5.32 Å². The van der Waals surface area contributed by atoms with Gasteiger partial charge in [-0.05, 0) is 37.6 Å². The molecule has 1 rings (SSSR count). The van der Waals surface area contributed by atoms with Crippen molar-refractivity contribution in [1.29, 1.82) is 0 Å². The summed E-state index contributed by atoms with van der Waals surface area (Å²) in [6.07, 6.45) is 1.04. The highest BCUT2D eigenvalue weighted by Gasteiger charge is 2.12. The van der Waals surface area contributed by atoms with Crippen LogP contribution in [0.15, 0.2) is 18.2 Å². The minimum Gasteiger partial charge on any atom is -0.350 e. The van der Waals surface area contributed by atoms with E-state index >= 15 is 0 Å². The molecule has 0 heterocycles. The van der Waals surface area contributed by atoms with Gasteiger partial charge in [0.2, 0.25) is 5.91 Å². The first-order chi connectivity index (χ1) is 8.04. The quantitative estimate of drug-likeness (QED) is 0.852. The van der Waals surface area contributed by atoms with Gasteiger partial charge in [-0.15, -0.1) is 0 Å². The molecule has 0 aliphatic heterocycles. The van der Waals surface area contributed by atoms with E-state index in [0.717, 1.165) is 0 Å². The van der Waals surface area contributed by atoms with Crippen molar-refractivity contribution in [3.63, 3.8) is 0 Å². The van der Waals surface area contributed by atoms with Gasteiger partial charge in [0, 0.05) is 11.4 Å². The maximum atomic E-state index is 12.9. The second kappa shape index (κ2) is 6.57. The Morgan fingerprint density at radius 1 is 1.59 bits per heavy atom. The first-order valence-electron chi connectivity index (χ1n) is 5.49. The van der Waals surface area contributed by atoms with Gasteiger partial charge in [0.15, 0.2) is 0 Å². The SMILES string of the molecule is CC(NC(=O)CCCN)c1ccc(F)cc1Cl. The van der Waals surface area contributed by atoms with Gasteiger partial charge in [-0.2, -0.15) is 0 Å². The van der Waals surface area contributed by atoms with Crippen LogP contribution in [0.5, 0.6) is 0 Å². The highest BCUT2D eigenvalue weighted by atomic mass is 35.5. The molecule has 3 nitrogen and oxygen atoms in total. The van der Waals surface area contributed by atoms with Crippen molar-refractivity contribution < 1.29 is 9.18 Å². The van der Waals surface area contributed by atoms with Crippen LogP contribution in [0.4, 0.5) is 4.39 Å². The first-order valence-corrected chi connectivity index (χ1v) is 5.86. The van der Waals surface area contributed by atoms with Crippen LogP contribution in [0, 0.1) is 5.82 Å². The van der Waals surface area contributed by atoms with E-state index < -0.39 is 0 Å². The standard InChI is InChI=1S/C12H16ClFN2O/c1-8(16-12(17)3-2-6-15)10-5-4-9(14)7-11(10)13/h4-5,7-8H,2-3,6,15H2,1H3,(H,16,17). The topological polar surface area (TPSA) is 55.1 Å². The highest BCUT2D eigenvalue weighted by molar-refractivity contribution is 6.31. The Hall–Kier alpha value is -1.13. The molecule has 0 saturated heterocycles. The molecule has 0 radical (unpaired) electrons. The Morgan fingerprint density at radius 3 is 2.88 bits per heavy atom. The third-order valence-corrected chi connectivity index (χ3v) is 2.74. The number of nitrogens with two attached hydrogens (primary N) is 1. The van der Waals surface area contributed by atoms with Crippen molar-refractivity contribution in [3.05, 3.63) is 34.6 Å². The summed E-state index contributed by atoms with van der Waals surface area (Å²) in [6.45, 7) is 2.29. The molecule has 1 unspecified atom stereocenters. The lowest BCUT2D eigenvalue weighted by Crippen LogP contribution is -2.27. The fraction of sp³-hybridized carbons (Fsp3) is 0.417. The first kappa shape index (κ1) is 13.9. The van der Waals surface area contributed by atoms with Crippen LogP contribution in [-0.2, 0) is 4.79 Å². The van der Waals surface area contributed by atoms with Gasteiger partial charge in [0.25, 0.3) is 0 Å². The molecule has 0 aliphatic carbocycles. The van der Waals surface area contributed by atoms with Crippen LogP contribution in [0.1, 0.15) is 31.4 Å². The van der Waals surface area contributed by atoms with Crippen LogP contribution in [0.2, 0.25) is 5.02 Å². The van der Waals surface area contributed by atoms with E-state index in [1.54, 1.807) is 13.0 Å². The van der Waals surface area contributed by atoms with E-state index in [0.29, 0.717) is 30.0 Å². The van der Waals surface area contributed by atoms with E-state index in [4.69, 9.17) is 17.3 Å². The zero-order chi connectivity index (χ0) is 12.8. The van der Waals surface area contributed by atoms with Gasteiger partial charge in [0.05, 0.1) is 6.04 Å². The molecular weight excluding hydrogens is 243 g/mol. The Balaban J connectivity index is 2.63. The van der Waals surface area contributed by atoms with Crippen LogP contribution in [0.3, 0.4) is 0 Å². The third kappa shape index (κ3) is 4.32. The van der Waals surface area contributed by atoms with Crippen LogP contribution < -0.4 is 11.1 Å². The molecule has 94 valence electrons. The number of carbonyl (C=O) groups is 1. The van der Waals surface area contributed by atoms with E-state index in [1.165, 1.54) is 12.1 Å². The van der Waals surface area contributed by atoms with E-state index in [-0.39, 0.29) is 17.8 Å². The normalized spacial score (nSPS) is 12.2. The van der Waals surface area contributed by atoms with Gasteiger partial charge >= 0.3 is 0 Å². The van der Waals surface area contributed by atoms with Crippen LogP contribution in [-0.4, -0.2) is 12.5 Å². The predicted molar refractivity (Wildman–Crippen MR) is 66.3 cm³/mol. The van der Waals surface area contributed by atoms with Gasteiger partial charge < -0.3 is 11.1 Å². The van der Waals surface area contributed by atoms with Crippen molar-refractivity contribution in [3.8, 4) is 0 Å². The van der Waals surface area contributed by atoms with Crippen molar-refractivity contribution in [1.82, 2.24) is 5.32 Å². The van der Waals surface area contributed by atoms with Crippen molar-refractivity contribution in [2.24, 2.45) is 5.73 Å². The molecule has 0 bridgehead atoms. The molecule has 0 fully saturated rings. The summed E-state index contributed by atoms with van der Waals surface area (Å²) >= 11 is 5.90. The number of halogens is 2. The van der Waals surface area contributed by atoms with Gasteiger partial charge in [-0.3, -0.25) is 4.79 Å². The molecule has 3 N–H and O–H groups in total. The number of hydrogen-bond donors (Lipinski definition) is 2. The lowest BCUT2D eigenvalue weighted by atomic mass is 10.1. The number of hydrogen-bond acceptors (Lipinski definition) is 2. The molecule has 1 atom stereocenters. The van der Waals surface area contributed by atoms with Crippen molar-refractivity contribution in [2.75, 3.05) is 6.54 Å². The Bertz CT molecular complexity index is 398. The summed E-state index contributed by atoms with van der Waals surface area (Å²) in [5, 5.41) is 3.11. The van der Waals surface area contributed by atoms with Crippen LogP contribution >= 0.6 is 11.6 Å². The fourth-order valence-electron chi connectivity index (χ4n) is 1.51. The number of rotatable bonds is 5. The summed E-state index contributed by atoms with van der Waals surface area (Å²) in [5.74, 6) is -0.469. The van der Waals surface area contributed by atoms with Crippen molar-refractivity contribution >= 4 is 17.5 Å². The third-order valence-electron chi connectivity index (χ3n) is 2.41. The number of amides is 1. The molecule has 0 saturated carbocycles. The fourth-order valence-corrected chi connectivity index (χ4v) is 1.84. The average Bonchev–Trinajstić information content (AvgIpc) is 2.26. The van der Waals surface area contributed by atoms with Crippen LogP contribution in [0.25, 0.3) is 0 Å².